The van der Waals surface area contributed by atoms with Crippen LogP contribution >= 0.6 is 0 Å². The zero-order valence-corrected chi connectivity index (χ0v) is 20.1. The fourth-order valence-corrected chi connectivity index (χ4v) is 9.24. The number of ether oxygens (including phenoxy) is 1. The Bertz CT molecular complexity index is 860. The Kier molecular flexibility index (Phi) is 5.60. The maximum absolute atomic E-state index is 12.3. The molecule has 0 radical (unpaired) electrons. The minimum absolute atomic E-state index is 0.0559. The van der Waals surface area contributed by atoms with Crippen molar-refractivity contribution >= 4 is 12.1 Å². The molecule has 0 spiro atoms. The maximum atomic E-state index is 12.3. The summed E-state index contributed by atoms with van der Waals surface area (Å²) in [5.41, 5.74) is 6.00. The molecular weight excluding hydrogens is 420 g/mol. The summed E-state index contributed by atoms with van der Waals surface area (Å²) in [6, 6.07) is 0.0559. The standard InChI is InChI=1S/C26H40N2O5/c1-24-8-5-18(28(12-11-27)23(30)31)14-17(24)3-4-21-20(24)6-9-25(2)19(7-10-26(21,25)32)16-13-22(29)33-15-16/h13,17-21,32H,3-12,14-15,27H2,1-2H3,(H,30,31)/t17-,18+,19-,20+,21-,24+,25-,26+/m1/s1. The molecule has 0 aromatic rings. The summed E-state index contributed by atoms with van der Waals surface area (Å²) in [6.07, 6.45) is 9.49. The van der Waals surface area contributed by atoms with Crippen LogP contribution in [0.2, 0.25) is 0 Å². The average Bonchev–Trinajstić information content (AvgIpc) is 3.31. The largest absolute Gasteiger partial charge is 0.465 e. The van der Waals surface area contributed by atoms with E-state index in [0.717, 1.165) is 63.4 Å². The Morgan fingerprint density at radius 3 is 2.61 bits per heavy atom. The van der Waals surface area contributed by atoms with Gasteiger partial charge in [0.2, 0.25) is 0 Å². The van der Waals surface area contributed by atoms with Gasteiger partial charge >= 0.3 is 12.1 Å². The highest BCUT2D eigenvalue weighted by Crippen LogP contribution is 2.70. The molecule has 0 aromatic carbocycles. The Balaban J connectivity index is 1.37. The van der Waals surface area contributed by atoms with Gasteiger partial charge in [-0.15, -0.1) is 0 Å². The predicted molar refractivity (Wildman–Crippen MR) is 123 cm³/mol. The molecule has 1 heterocycles. The van der Waals surface area contributed by atoms with Crippen LogP contribution in [0.5, 0.6) is 0 Å². The number of cyclic esters (lactones) is 1. The molecule has 0 saturated heterocycles. The minimum Gasteiger partial charge on any atom is -0.465 e. The van der Waals surface area contributed by atoms with Crippen LogP contribution in [0.25, 0.3) is 0 Å². The first kappa shape index (κ1) is 23.2. The monoisotopic (exact) mass is 460 g/mol. The zero-order chi connectivity index (χ0) is 23.6. The molecule has 0 unspecified atom stereocenters. The van der Waals surface area contributed by atoms with E-state index in [1.807, 2.05) is 0 Å². The summed E-state index contributed by atoms with van der Waals surface area (Å²) >= 11 is 0. The van der Waals surface area contributed by atoms with Crippen LogP contribution < -0.4 is 5.73 Å². The first-order valence-corrected chi connectivity index (χ1v) is 12.9. The van der Waals surface area contributed by atoms with E-state index >= 15 is 0 Å². The van der Waals surface area contributed by atoms with Crippen molar-refractivity contribution in [3.8, 4) is 0 Å². The summed E-state index contributed by atoms with van der Waals surface area (Å²) in [4.78, 5) is 25.1. The van der Waals surface area contributed by atoms with Crippen molar-refractivity contribution in [3.63, 3.8) is 0 Å². The second-order valence-corrected chi connectivity index (χ2v) is 12.0. The third-order valence-electron chi connectivity index (χ3n) is 11.0. The van der Waals surface area contributed by atoms with Gasteiger partial charge in [-0.2, -0.15) is 0 Å². The number of aliphatic hydroxyl groups is 1. The molecular formula is C26H40N2O5. The van der Waals surface area contributed by atoms with Crippen molar-refractivity contribution in [1.29, 1.82) is 0 Å². The van der Waals surface area contributed by atoms with E-state index < -0.39 is 11.7 Å². The van der Waals surface area contributed by atoms with Gasteiger partial charge in [-0.3, -0.25) is 0 Å². The predicted octanol–water partition coefficient (Wildman–Crippen LogP) is 3.55. The SMILES string of the molecule is C[C@]12CC[C@H](N(CCN)C(=O)O)C[C@H]1CC[C@@H]1[C@@H]2CC[C@]2(C)[C@@H](C3=CC(=O)OC3)CC[C@]12O. The van der Waals surface area contributed by atoms with E-state index in [4.69, 9.17) is 10.5 Å². The van der Waals surface area contributed by atoms with Crippen molar-refractivity contribution in [2.75, 3.05) is 19.7 Å². The lowest BCUT2D eigenvalue weighted by molar-refractivity contribution is -0.206. The van der Waals surface area contributed by atoms with Gasteiger partial charge in [0.1, 0.15) is 6.61 Å². The Morgan fingerprint density at radius 1 is 1.15 bits per heavy atom. The lowest BCUT2D eigenvalue weighted by Gasteiger charge is -2.64. The van der Waals surface area contributed by atoms with Crippen LogP contribution in [0.1, 0.15) is 71.6 Å². The van der Waals surface area contributed by atoms with Gasteiger partial charge in [-0.05, 0) is 92.4 Å². The van der Waals surface area contributed by atoms with Crippen LogP contribution in [0.15, 0.2) is 11.6 Å². The van der Waals surface area contributed by atoms with Crippen LogP contribution in [0.3, 0.4) is 0 Å². The molecule has 1 amide bonds. The number of carbonyl (C=O) groups excluding carboxylic acids is 1. The van der Waals surface area contributed by atoms with Gasteiger partial charge in [-0.25, -0.2) is 9.59 Å². The lowest BCUT2D eigenvalue weighted by Crippen LogP contribution is -2.63. The van der Waals surface area contributed by atoms with Gasteiger partial charge in [-0.1, -0.05) is 13.8 Å². The normalized spacial score (nSPS) is 46.6. The molecule has 7 heteroatoms. The van der Waals surface area contributed by atoms with E-state index in [9.17, 15) is 19.8 Å². The third kappa shape index (κ3) is 3.28. The quantitative estimate of drug-likeness (QED) is 0.553. The number of fused-ring (bicyclic) bond motifs is 5. The van der Waals surface area contributed by atoms with Crippen molar-refractivity contribution in [2.45, 2.75) is 83.3 Å². The van der Waals surface area contributed by atoms with Gasteiger partial charge < -0.3 is 25.6 Å². The number of hydrogen-bond acceptors (Lipinski definition) is 5. The fraction of sp³-hybridized carbons (Fsp3) is 0.846. The van der Waals surface area contributed by atoms with Crippen molar-refractivity contribution in [1.82, 2.24) is 4.90 Å². The third-order valence-corrected chi connectivity index (χ3v) is 11.0. The Morgan fingerprint density at radius 2 is 1.94 bits per heavy atom. The number of carbonyl (C=O) groups is 2. The van der Waals surface area contributed by atoms with Gasteiger partial charge in [0, 0.05) is 30.6 Å². The summed E-state index contributed by atoms with van der Waals surface area (Å²) < 4.78 is 5.23. The first-order valence-electron chi connectivity index (χ1n) is 12.9. The lowest BCUT2D eigenvalue weighted by atomic mass is 9.43. The molecule has 5 rings (SSSR count). The van der Waals surface area contributed by atoms with E-state index in [1.165, 1.54) is 0 Å². The zero-order valence-electron chi connectivity index (χ0n) is 20.1. The van der Waals surface area contributed by atoms with Crippen molar-refractivity contribution in [2.24, 2.45) is 40.2 Å². The number of nitrogens with two attached hydrogens (primary N) is 1. The smallest absolute Gasteiger partial charge is 0.407 e. The van der Waals surface area contributed by atoms with Crippen LogP contribution in [0, 0.1) is 34.5 Å². The number of rotatable bonds is 4. The number of nitrogens with zero attached hydrogens (tertiary/aromatic N) is 1. The highest BCUT2D eigenvalue weighted by molar-refractivity contribution is 5.85. The number of amides is 1. The topological polar surface area (TPSA) is 113 Å². The fourth-order valence-electron chi connectivity index (χ4n) is 9.24. The van der Waals surface area contributed by atoms with E-state index in [0.29, 0.717) is 31.5 Å². The Hall–Kier alpha value is -1.60. The van der Waals surface area contributed by atoms with Gasteiger partial charge in [0.05, 0.1) is 5.60 Å². The molecule has 4 N–H and O–H groups in total. The van der Waals surface area contributed by atoms with Crippen LogP contribution in [-0.4, -0.2) is 58.5 Å². The molecule has 4 fully saturated rings. The Labute approximate surface area is 196 Å². The molecule has 4 saturated carbocycles. The molecule has 8 atom stereocenters. The number of carboxylic acid groups (broad SMARTS) is 1. The molecule has 7 nitrogen and oxygen atoms in total. The van der Waals surface area contributed by atoms with E-state index in [-0.39, 0.29) is 34.7 Å². The summed E-state index contributed by atoms with van der Waals surface area (Å²) in [5.74, 6) is 1.21. The molecule has 33 heavy (non-hydrogen) atoms. The molecule has 0 aromatic heterocycles. The van der Waals surface area contributed by atoms with Crippen molar-refractivity contribution < 1.29 is 24.5 Å². The molecule has 4 aliphatic carbocycles. The van der Waals surface area contributed by atoms with E-state index in [1.54, 1.807) is 11.0 Å². The minimum atomic E-state index is -0.855. The van der Waals surface area contributed by atoms with Crippen LogP contribution in [0.4, 0.5) is 4.79 Å². The molecule has 0 bridgehead atoms. The second kappa shape index (κ2) is 7.98. The molecule has 184 valence electrons. The second-order valence-electron chi connectivity index (χ2n) is 12.0. The summed E-state index contributed by atoms with van der Waals surface area (Å²) in [6.45, 7) is 5.82. The van der Waals surface area contributed by atoms with Gasteiger partial charge in [0.25, 0.3) is 0 Å². The number of esters is 1. The maximum Gasteiger partial charge on any atom is 0.407 e. The van der Waals surface area contributed by atoms with Gasteiger partial charge in [0.15, 0.2) is 0 Å². The summed E-state index contributed by atoms with van der Waals surface area (Å²) in [5, 5.41) is 22.0. The molecule has 1 aliphatic heterocycles. The number of hydrogen-bond donors (Lipinski definition) is 3. The highest BCUT2D eigenvalue weighted by Gasteiger charge is 2.67. The first-order chi connectivity index (χ1) is 15.6. The van der Waals surface area contributed by atoms with Crippen molar-refractivity contribution in [3.05, 3.63) is 11.6 Å². The summed E-state index contributed by atoms with van der Waals surface area (Å²) in [7, 11) is 0. The average molecular weight is 461 g/mol. The van der Waals surface area contributed by atoms with Crippen LogP contribution in [-0.2, 0) is 9.53 Å². The molecule has 5 aliphatic rings. The van der Waals surface area contributed by atoms with E-state index in [2.05, 4.69) is 13.8 Å². The highest BCUT2D eigenvalue weighted by atomic mass is 16.5.